The van der Waals surface area contributed by atoms with Crippen LogP contribution in [0.2, 0.25) is 0 Å². The summed E-state index contributed by atoms with van der Waals surface area (Å²) in [5.74, 6) is 0.438. The van der Waals surface area contributed by atoms with Gasteiger partial charge in [-0.05, 0) is 17.5 Å². The van der Waals surface area contributed by atoms with Gasteiger partial charge in [-0.25, -0.2) is 0 Å². The SMILES string of the molecule is CC(C)c1ccc(C(O)CO)nc1. The lowest BCUT2D eigenvalue weighted by atomic mass is 10.1. The Morgan fingerprint density at radius 2 is 2.08 bits per heavy atom. The van der Waals surface area contributed by atoms with Gasteiger partial charge in [0, 0.05) is 6.20 Å². The van der Waals surface area contributed by atoms with Crippen molar-refractivity contribution in [3.8, 4) is 0 Å². The average molecular weight is 181 g/mol. The van der Waals surface area contributed by atoms with E-state index in [4.69, 9.17) is 5.11 Å². The van der Waals surface area contributed by atoms with Gasteiger partial charge in [0.1, 0.15) is 6.10 Å². The fraction of sp³-hybridized carbons (Fsp3) is 0.500. The Hall–Kier alpha value is -0.930. The third-order valence-corrected chi connectivity index (χ3v) is 1.99. The van der Waals surface area contributed by atoms with Crippen LogP contribution >= 0.6 is 0 Å². The molecule has 0 fully saturated rings. The van der Waals surface area contributed by atoms with E-state index < -0.39 is 6.10 Å². The summed E-state index contributed by atoms with van der Waals surface area (Å²) in [5, 5.41) is 17.9. The zero-order chi connectivity index (χ0) is 9.84. The number of rotatable bonds is 3. The zero-order valence-corrected chi connectivity index (χ0v) is 7.94. The molecule has 3 nitrogen and oxygen atoms in total. The van der Waals surface area contributed by atoms with Crippen LogP contribution in [0.15, 0.2) is 18.3 Å². The van der Waals surface area contributed by atoms with E-state index in [1.807, 2.05) is 6.07 Å². The first kappa shape index (κ1) is 10.2. The summed E-state index contributed by atoms with van der Waals surface area (Å²) in [7, 11) is 0. The maximum Gasteiger partial charge on any atom is 0.119 e. The van der Waals surface area contributed by atoms with Gasteiger partial charge < -0.3 is 10.2 Å². The van der Waals surface area contributed by atoms with Crippen molar-refractivity contribution in [1.29, 1.82) is 0 Å². The second-order valence-electron chi connectivity index (χ2n) is 3.37. The predicted octanol–water partition coefficient (Wildman–Crippen LogP) is 1.23. The molecule has 0 aliphatic rings. The molecular formula is C10H15NO2. The normalized spacial score (nSPS) is 13.3. The first-order valence-corrected chi connectivity index (χ1v) is 4.40. The third kappa shape index (κ3) is 2.50. The monoisotopic (exact) mass is 181 g/mol. The molecule has 0 spiro atoms. The van der Waals surface area contributed by atoms with Crippen LogP contribution in [0.3, 0.4) is 0 Å². The molecule has 72 valence electrons. The molecule has 1 aromatic rings. The van der Waals surface area contributed by atoms with Crippen molar-refractivity contribution < 1.29 is 10.2 Å². The van der Waals surface area contributed by atoms with Gasteiger partial charge in [0.25, 0.3) is 0 Å². The Balaban J connectivity index is 2.81. The van der Waals surface area contributed by atoms with Crippen molar-refractivity contribution in [2.75, 3.05) is 6.61 Å². The van der Waals surface area contributed by atoms with Crippen molar-refractivity contribution in [3.05, 3.63) is 29.6 Å². The predicted molar refractivity (Wildman–Crippen MR) is 50.4 cm³/mol. The summed E-state index contributed by atoms with van der Waals surface area (Å²) in [4.78, 5) is 4.06. The van der Waals surface area contributed by atoms with E-state index in [2.05, 4.69) is 18.8 Å². The second-order valence-corrected chi connectivity index (χ2v) is 3.37. The molecule has 1 rings (SSSR count). The lowest BCUT2D eigenvalue weighted by molar-refractivity contribution is 0.0922. The Labute approximate surface area is 78.1 Å². The molecule has 0 radical (unpaired) electrons. The minimum Gasteiger partial charge on any atom is -0.393 e. The van der Waals surface area contributed by atoms with Crippen molar-refractivity contribution in [1.82, 2.24) is 4.98 Å². The largest absolute Gasteiger partial charge is 0.393 e. The highest BCUT2D eigenvalue weighted by molar-refractivity contribution is 5.18. The van der Waals surface area contributed by atoms with Crippen LogP contribution in [-0.2, 0) is 0 Å². The highest BCUT2D eigenvalue weighted by atomic mass is 16.3. The van der Waals surface area contributed by atoms with Crippen LogP contribution in [0.4, 0.5) is 0 Å². The molecule has 1 heterocycles. The van der Waals surface area contributed by atoms with Gasteiger partial charge >= 0.3 is 0 Å². The Morgan fingerprint density at radius 1 is 1.38 bits per heavy atom. The smallest absolute Gasteiger partial charge is 0.119 e. The van der Waals surface area contributed by atoms with Crippen molar-refractivity contribution in [2.24, 2.45) is 0 Å². The molecule has 0 bridgehead atoms. The van der Waals surface area contributed by atoms with E-state index in [0.717, 1.165) is 5.56 Å². The summed E-state index contributed by atoms with van der Waals surface area (Å²) in [6.45, 7) is 3.88. The molecule has 0 aromatic carbocycles. The van der Waals surface area contributed by atoms with Crippen LogP contribution < -0.4 is 0 Å². The van der Waals surface area contributed by atoms with Gasteiger partial charge in [0.05, 0.1) is 12.3 Å². The van der Waals surface area contributed by atoms with Crippen molar-refractivity contribution >= 4 is 0 Å². The lowest BCUT2D eigenvalue weighted by Crippen LogP contribution is -2.05. The molecule has 0 amide bonds. The highest BCUT2D eigenvalue weighted by Crippen LogP contribution is 2.15. The highest BCUT2D eigenvalue weighted by Gasteiger charge is 2.07. The third-order valence-electron chi connectivity index (χ3n) is 1.99. The van der Waals surface area contributed by atoms with E-state index >= 15 is 0 Å². The maximum absolute atomic E-state index is 9.25. The molecule has 13 heavy (non-hydrogen) atoms. The summed E-state index contributed by atoms with van der Waals surface area (Å²) >= 11 is 0. The van der Waals surface area contributed by atoms with E-state index in [1.54, 1.807) is 12.3 Å². The average Bonchev–Trinajstić information content (AvgIpc) is 2.17. The zero-order valence-electron chi connectivity index (χ0n) is 7.94. The topological polar surface area (TPSA) is 53.4 Å². The van der Waals surface area contributed by atoms with Crippen LogP contribution in [0, 0.1) is 0 Å². The van der Waals surface area contributed by atoms with Crippen LogP contribution in [0.1, 0.15) is 37.1 Å². The minimum atomic E-state index is -0.860. The van der Waals surface area contributed by atoms with Gasteiger partial charge in [-0.1, -0.05) is 19.9 Å². The molecule has 1 atom stereocenters. The number of aliphatic hydroxyl groups excluding tert-OH is 2. The van der Waals surface area contributed by atoms with E-state index in [0.29, 0.717) is 11.6 Å². The fourth-order valence-electron chi connectivity index (χ4n) is 1.05. The van der Waals surface area contributed by atoms with E-state index in [9.17, 15) is 5.11 Å². The molecular weight excluding hydrogens is 166 g/mol. The standard InChI is InChI=1S/C10H15NO2/c1-7(2)8-3-4-9(11-5-8)10(13)6-12/h3-5,7,10,12-13H,6H2,1-2H3. The minimum absolute atomic E-state index is 0.284. The molecule has 1 unspecified atom stereocenters. The number of hydrogen-bond acceptors (Lipinski definition) is 3. The van der Waals surface area contributed by atoms with Gasteiger partial charge in [-0.2, -0.15) is 0 Å². The molecule has 2 N–H and O–H groups in total. The van der Waals surface area contributed by atoms with Crippen LogP contribution in [0.5, 0.6) is 0 Å². The Morgan fingerprint density at radius 3 is 2.46 bits per heavy atom. The second kappa shape index (κ2) is 4.35. The van der Waals surface area contributed by atoms with Crippen molar-refractivity contribution in [2.45, 2.75) is 25.9 Å². The van der Waals surface area contributed by atoms with Gasteiger partial charge in [-0.15, -0.1) is 0 Å². The van der Waals surface area contributed by atoms with Crippen LogP contribution in [-0.4, -0.2) is 21.8 Å². The molecule has 1 aromatic heterocycles. The van der Waals surface area contributed by atoms with Crippen LogP contribution in [0.25, 0.3) is 0 Å². The van der Waals surface area contributed by atoms with E-state index in [-0.39, 0.29) is 6.61 Å². The quantitative estimate of drug-likeness (QED) is 0.737. The number of aromatic nitrogens is 1. The number of nitrogens with zero attached hydrogens (tertiary/aromatic N) is 1. The number of hydrogen-bond donors (Lipinski definition) is 2. The molecule has 0 saturated carbocycles. The molecule has 3 heteroatoms. The summed E-state index contributed by atoms with van der Waals surface area (Å²) in [6.07, 6.45) is 0.875. The maximum atomic E-state index is 9.25. The van der Waals surface area contributed by atoms with Gasteiger partial charge in [-0.3, -0.25) is 4.98 Å². The molecule has 0 saturated heterocycles. The van der Waals surface area contributed by atoms with Gasteiger partial charge in [0.2, 0.25) is 0 Å². The molecule has 0 aliphatic carbocycles. The van der Waals surface area contributed by atoms with Crippen molar-refractivity contribution in [3.63, 3.8) is 0 Å². The van der Waals surface area contributed by atoms with Gasteiger partial charge in [0.15, 0.2) is 0 Å². The summed E-state index contributed by atoms with van der Waals surface area (Å²) < 4.78 is 0. The summed E-state index contributed by atoms with van der Waals surface area (Å²) in [5.41, 5.74) is 1.65. The lowest BCUT2D eigenvalue weighted by Gasteiger charge is -2.08. The van der Waals surface area contributed by atoms with E-state index in [1.165, 1.54) is 0 Å². The number of pyridine rings is 1. The number of aliphatic hydroxyl groups is 2. The molecule has 0 aliphatic heterocycles. The Bertz CT molecular complexity index is 256. The summed E-state index contributed by atoms with van der Waals surface area (Å²) in [6, 6.07) is 3.67. The fourth-order valence-corrected chi connectivity index (χ4v) is 1.05. The Kier molecular flexibility index (Phi) is 3.39. The first-order valence-electron chi connectivity index (χ1n) is 4.40. The first-order chi connectivity index (χ1) is 6.15.